The van der Waals surface area contributed by atoms with E-state index in [4.69, 9.17) is 9.72 Å². The van der Waals surface area contributed by atoms with Gasteiger partial charge in [0.05, 0.1) is 19.0 Å². The Morgan fingerprint density at radius 1 is 1.30 bits per heavy atom. The number of benzene rings is 1. The predicted molar refractivity (Wildman–Crippen MR) is 78.0 cm³/mol. The average molecular weight is 269 g/mol. The van der Waals surface area contributed by atoms with E-state index in [1.54, 1.807) is 7.11 Å². The number of aromatic nitrogens is 2. The van der Waals surface area contributed by atoms with Gasteiger partial charge in [0.25, 0.3) is 0 Å². The molecule has 0 saturated carbocycles. The second-order valence-corrected chi connectivity index (χ2v) is 5.78. The number of fused-ring (bicyclic) bond motifs is 2. The standard InChI is InChI=1S/C16H19N3O/c1-20-14-5-3-2-4-12(14)13-10-18-15-16(6-8-17-11-16)7-9-19(13)15/h2-5,10,17H,6-9,11H2,1H3. The topological polar surface area (TPSA) is 39.1 Å². The van der Waals surface area contributed by atoms with E-state index >= 15 is 0 Å². The van der Waals surface area contributed by atoms with Crippen LogP contribution in [0.15, 0.2) is 30.5 Å². The summed E-state index contributed by atoms with van der Waals surface area (Å²) in [5.74, 6) is 2.17. The molecule has 1 atom stereocenters. The van der Waals surface area contributed by atoms with Crippen molar-refractivity contribution in [1.29, 1.82) is 0 Å². The number of nitrogens with one attached hydrogen (secondary N) is 1. The number of methoxy groups -OCH3 is 1. The number of hydrogen-bond acceptors (Lipinski definition) is 3. The minimum absolute atomic E-state index is 0.264. The van der Waals surface area contributed by atoms with Gasteiger partial charge < -0.3 is 14.6 Å². The third-order valence-corrected chi connectivity index (χ3v) is 4.77. The molecule has 2 aliphatic rings. The normalized spacial score (nSPS) is 24.2. The lowest BCUT2D eigenvalue weighted by Gasteiger charge is -2.19. The summed E-state index contributed by atoms with van der Waals surface area (Å²) in [6.45, 7) is 3.23. The Morgan fingerprint density at radius 3 is 3.00 bits per heavy atom. The third kappa shape index (κ3) is 1.54. The van der Waals surface area contributed by atoms with Gasteiger partial charge in [0, 0.05) is 24.1 Å². The lowest BCUT2D eigenvalue weighted by Crippen LogP contribution is -2.26. The van der Waals surface area contributed by atoms with Gasteiger partial charge in [-0.1, -0.05) is 12.1 Å². The molecule has 4 heteroatoms. The van der Waals surface area contributed by atoms with E-state index in [2.05, 4.69) is 22.0 Å². The second kappa shape index (κ2) is 4.35. The van der Waals surface area contributed by atoms with E-state index in [1.807, 2.05) is 18.3 Å². The van der Waals surface area contributed by atoms with E-state index in [0.29, 0.717) is 0 Å². The molecule has 0 radical (unpaired) electrons. The van der Waals surface area contributed by atoms with E-state index in [1.165, 1.54) is 24.4 Å². The van der Waals surface area contributed by atoms with Crippen LogP contribution in [0.4, 0.5) is 0 Å². The zero-order valence-corrected chi connectivity index (χ0v) is 11.7. The summed E-state index contributed by atoms with van der Waals surface area (Å²) in [6.07, 6.45) is 4.41. The van der Waals surface area contributed by atoms with E-state index in [-0.39, 0.29) is 5.41 Å². The summed E-state index contributed by atoms with van der Waals surface area (Å²) >= 11 is 0. The van der Waals surface area contributed by atoms with Gasteiger partial charge in [-0.15, -0.1) is 0 Å². The molecule has 104 valence electrons. The van der Waals surface area contributed by atoms with Crippen LogP contribution < -0.4 is 10.1 Å². The smallest absolute Gasteiger partial charge is 0.128 e. The van der Waals surface area contributed by atoms with Crippen molar-refractivity contribution in [2.24, 2.45) is 0 Å². The molecule has 1 unspecified atom stereocenters. The van der Waals surface area contributed by atoms with Crippen LogP contribution >= 0.6 is 0 Å². The highest BCUT2D eigenvalue weighted by atomic mass is 16.5. The van der Waals surface area contributed by atoms with E-state index in [9.17, 15) is 0 Å². The first kappa shape index (κ1) is 12.0. The fourth-order valence-electron chi connectivity index (χ4n) is 3.68. The van der Waals surface area contributed by atoms with Crippen molar-refractivity contribution >= 4 is 0 Å². The molecule has 1 aromatic heterocycles. The highest BCUT2D eigenvalue weighted by Crippen LogP contribution is 2.42. The van der Waals surface area contributed by atoms with Crippen molar-refractivity contribution in [2.75, 3.05) is 20.2 Å². The van der Waals surface area contributed by atoms with Gasteiger partial charge in [-0.3, -0.25) is 0 Å². The molecule has 4 nitrogen and oxygen atoms in total. The maximum absolute atomic E-state index is 5.49. The lowest BCUT2D eigenvalue weighted by molar-refractivity contribution is 0.416. The van der Waals surface area contributed by atoms with Crippen molar-refractivity contribution < 1.29 is 4.74 Å². The molecule has 1 N–H and O–H groups in total. The van der Waals surface area contributed by atoms with Crippen LogP contribution in [-0.2, 0) is 12.0 Å². The summed E-state index contributed by atoms with van der Waals surface area (Å²) in [4.78, 5) is 4.75. The number of rotatable bonds is 2. The van der Waals surface area contributed by atoms with Crippen molar-refractivity contribution in [3.8, 4) is 17.0 Å². The summed E-state index contributed by atoms with van der Waals surface area (Å²) in [7, 11) is 1.72. The summed E-state index contributed by atoms with van der Waals surface area (Å²) in [6, 6.07) is 8.18. The zero-order valence-electron chi connectivity index (χ0n) is 11.7. The largest absolute Gasteiger partial charge is 0.496 e. The molecule has 0 aliphatic carbocycles. The Balaban J connectivity index is 1.83. The van der Waals surface area contributed by atoms with Crippen LogP contribution in [0.1, 0.15) is 18.7 Å². The number of imidazole rings is 1. The quantitative estimate of drug-likeness (QED) is 0.908. The predicted octanol–water partition coefficient (Wildman–Crippen LogP) is 2.19. The highest BCUT2D eigenvalue weighted by Gasteiger charge is 2.43. The Kier molecular flexibility index (Phi) is 2.60. The molecule has 1 fully saturated rings. The molecule has 4 rings (SSSR count). The number of hydrogen-bond donors (Lipinski definition) is 1. The molecule has 20 heavy (non-hydrogen) atoms. The van der Waals surface area contributed by atoms with Gasteiger partial charge in [0.2, 0.25) is 0 Å². The third-order valence-electron chi connectivity index (χ3n) is 4.77. The van der Waals surface area contributed by atoms with Gasteiger partial charge in [-0.25, -0.2) is 4.98 Å². The zero-order chi connectivity index (χ0) is 13.6. The minimum atomic E-state index is 0.264. The monoisotopic (exact) mass is 269 g/mol. The SMILES string of the molecule is COc1ccccc1-c1cnc2n1CCC21CCNC1. The Bertz CT molecular complexity index is 641. The molecule has 1 saturated heterocycles. The van der Waals surface area contributed by atoms with Crippen LogP contribution in [0.2, 0.25) is 0 Å². The van der Waals surface area contributed by atoms with Gasteiger partial charge >= 0.3 is 0 Å². The van der Waals surface area contributed by atoms with Crippen molar-refractivity contribution in [1.82, 2.24) is 14.9 Å². The average Bonchev–Trinajstić information content (AvgIpc) is 3.19. The van der Waals surface area contributed by atoms with Gasteiger partial charge in [0.1, 0.15) is 11.6 Å². The molecular weight excluding hydrogens is 250 g/mol. The fraction of sp³-hybridized carbons (Fsp3) is 0.438. The number of ether oxygens (including phenoxy) is 1. The minimum Gasteiger partial charge on any atom is -0.496 e. The second-order valence-electron chi connectivity index (χ2n) is 5.78. The molecule has 3 heterocycles. The lowest BCUT2D eigenvalue weighted by atomic mass is 9.85. The van der Waals surface area contributed by atoms with Crippen molar-refractivity contribution in [3.63, 3.8) is 0 Å². The number of nitrogens with zero attached hydrogens (tertiary/aromatic N) is 2. The molecule has 0 amide bonds. The summed E-state index contributed by atoms with van der Waals surface area (Å²) in [5, 5.41) is 3.49. The number of para-hydroxylation sites is 1. The molecule has 2 aromatic rings. The van der Waals surface area contributed by atoms with Crippen LogP contribution in [0.25, 0.3) is 11.3 Å². The first-order valence-electron chi connectivity index (χ1n) is 7.24. The van der Waals surface area contributed by atoms with Crippen LogP contribution in [0.5, 0.6) is 5.75 Å². The van der Waals surface area contributed by atoms with E-state index < -0.39 is 0 Å². The van der Waals surface area contributed by atoms with Gasteiger partial charge in [-0.05, 0) is 31.5 Å². The van der Waals surface area contributed by atoms with Crippen molar-refractivity contribution in [3.05, 3.63) is 36.3 Å². The Morgan fingerprint density at radius 2 is 2.20 bits per heavy atom. The van der Waals surface area contributed by atoms with Crippen LogP contribution in [-0.4, -0.2) is 29.8 Å². The molecule has 2 aliphatic heterocycles. The first-order valence-corrected chi connectivity index (χ1v) is 7.24. The molecule has 1 aromatic carbocycles. The van der Waals surface area contributed by atoms with Gasteiger partial charge in [0.15, 0.2) is 0 Å². The highest BCUT2D eigenvalue weighted by molar-refractivity contribution is 5.67. The van der Waals surface area contributed by atoms with Gasteiger partial charge in [-0.2, -0.15) is 0 Å². The maximum atomic E-state index is 5.49. The molecular formula is C16H19N3O. The summed E-state index contributed by atoms with van der Waals surface area (Å²) < 4.78 is 7.87. The summed E-state index contributed by atoms with van der Waals surface area (Å²) in [5.41, 5.74) is 2.58. The molecule has 0 bridgehead atoms. The molecule has 1 spiro atoms. The van der Waals surface area contributed by atoms with Crippen LogP contribution in [0.3, 0.4) is 0 Å². The van der Waals surface area contributed by atoms with E-state index in [0.717, 1.165) is 30.9 Å². The first-order chi connectivity index (χ1) is 9.84. The fourth-order valence-corrected chi connectivity index (χ4v) is 3.68. The van der Waals surface area contributed by atoms with Crippen molar-refractivity contribution in [2.45, 2.75) is 24.8 Å². The maximum Gasteiger partial charge on any atom is 0.128 e. The Labute approximate surface area is 118 Å². The Hall–Kier alpha value is -1.81. The van der Waals surface area contributed by atoms with Crippen LogP contribution in [0, 0.1) is 0 Å².